The molecule has 0 spiro atoms. The van der Waals surface area contributed by atoms with Gasteiger partial charge in [0.1, 0.15) is 5.78 Å². The van der Waals surface area contributed by atoms with Gasteiger partial charge in [-0.1, -0.05) is 95.3 Å². The van der Waals surface area contributed by atoms with Crippen molar-refractivity contribution < 1.29 is 23.8 Å². The maximum absolute atomic E-state index is 13.7. The average Bonchev–Trinajstić information content (AvgIpc) is 3.19. The van der Waals surface area contributed by atoms with E-state index in [-0.39, 0.29) is 38.9 Å². The van der Waals surface area contributed by atoms with E-state index in [2.05, 4.69) is 95.3 Å². The normalized spacial score (nSPS) is 23.2. The molecular weight excluding hydrogens is 593 g/mol. The number of aliphatic hydroxyl groups excluding tert-OH is 1. The highest BCUT2D eigenvalue weighted by atomic mass is 32.2. The van der Waals surface area contributed by atoms with Crippen LogP contribution in [0.25, 0.3) is 0 Å². The van der Waals surface area contributed by atoms with Crippen molar-refractivity contribution in [3.63, 3.8) is 0 Å². The predicted octanol–water partition coefficient (Wildman–Crippen LogP) is 6.80. The maximum atomic E-state index is 13.7. The standard InChI is InChI=1S/C35H52O5S2Si/c1-26-31(40-34(7,8)39-26)23-27(36)22-28(37)24-35(41-20-15-21-42-35)33(5,6)25-38-43(32(2,3)4,29-16-11-9-12-17-29)30-18-13-10-14-19-30/h9-14,16-19,26-27,31,36H,15,20-25H2,1-8H3/t26-,27+,31-/m1/s1. The quantitative estimate of drug-likeness (QED) is 0.255. The van der Waals surface area contributed by atoms with Crippen LogP contribution in [0.5, 0.6) is 0 Å². The Labute approximate surface area is 269 Å². The van der Waals surface area contributed by atoms with Gasteiger partial charge in [-0.2, -0.15) is 0 Å². The van der Waals surface area contributed by atoms with Crippen LogP contribution in [0.2, 0.25) is 5.04 Å². The molecule has 5 nitrogen and oxygen atoms in total. The van der Waals surface area contributed by atoms with Gasteiger partial charge in [0.25, 0.3) is 8.32 Å². The van der Waals surface area contributed by atoms with Crippen LogP contribution in [0, 0.1) is 5.41 Å². The molecule has 2 saturated heterocycles. The van der Waals surface area contributed by atoms with Crippen LogP contribution >= 0.6 is 23.5 Å². The Kier molecular flexibility index (Phi) is 11.1. The van der Waals surface area contributed by atoms with Gasteiger partial charge in [-0.15, -0.1) is 23.5 Å². The van der Waals surface area contributed by atoms with E-state index in [1.165, 1.54) is 10.4 Å². The topological polar surface area (TPSA) is 65.0 Å². The van der Waals surface area contributed by atoms with E-state index >= 15 is 0 Å². The van der Waals surface area contributed by atoms with Crippen molar-refractivity contribution in [1.82, 2.24) is 0 Å². The first-order valence-electron chi connectivity index (χ1n) is 15.7. The van der Waals surface area contributed by atoms with Crippen molar-refractivity contribution in [2.24, 2.45) is 5.41 Å². The Morgan fingerprint density at radius 1 is 0.977 bits per heavy atom. The van der Waals surface area contributed by atoms with E-state index in [0.29, 0.717) is 19.4 Å². The van der Waals surface area contributed by atoms with E-state index in [9.17, 15) is 9.90 Å². The summed E-state index contributed by atoms with van der Waals surface area (Å²) in [6.45, 7) is 17.7. The average molecular weight is 645 g/mol. The van der Waals surface area contributed by atoms with E-state index in [4.69, 9.17) is 13.9 Å². The lowest BCUT2D eigenvalue weighted by molar-refractivity contribution is -0.147. The van der Waals surface area contributed by atoms with Gasteiger partial charge < -0.3 is 19.0 Å². The van der Waals surface area contributed by atoms with Crippen molar-refractivity contribution in [2.45, 2.75) is 114 Å². The van der Waals surface area contributed by atoms with Gasteiger partial charge in [-0.3, -0.25) is 4.79 Å². The number of benzene rings is 2. The predicted molar refractivity (Wildman–Crippen MR) is 184 cm³/mol. The summed E-state index contributed by atoms with van der Waals surface area (Å²) in [5.74, 6) is 1.47. The molecule has 2 heterocycles. The third-order valence-corrected chi connectivity index (χ3v) is 17.9. The third-order valence-electron chi connectivity index (χ3n) is 8.88. The molecule has 2 aromatic carbocycles. The molecule has 43 heavy (non-hydrogen) atoms. The SMILES string of the molecule is C[C@H]1OC(C)(C)O[C@@H]1C[C@@H](O)CC(=O)CC1(C(C)(C)CO[Si](c2ccccc2)(c2ccccc2)C(C)(C)C)SCCCS1. The lowest BCUT2D eigenvalue weighted by Crippen LogP contribution is -2.67. The zero-order chi connectivity index (χ0) is 31.5. The number of ether oxygens (including phenoxy) is 2. The summed E-state index contributed by atoms with van der Waals surface area (Å²) in [5, 5.41) is 13.3. The monoisotopic (exact) mass is 644 g/mol. The van der Waals surface area contributed by atoms with Crippen LogP contribution in [0.15, 0.2) is 60.7 Å². The molecule has 3 atom stereocenters. The fourth-order valence-corrected chi connectivity index (χ4v) is 15.1. The molecule has 0 saturated carbocycles. The van der Waals surface area contributed by atoms with Crippen molar-refractivity contribution in [2.75, 3.05) is 18.1 Å². The van der Waals surface area contributed by atoms with Crippen molar-refractivity contribution >= 4 is 48.0 Å². The van der Waals surface area contributed by atoms with Crippen molar-refractivity contribution in [1.29, 1.82) is 0 Å². The Hall–Kier alpha value is -1.13. The summed E-state index contributed by atoms with van der Waals surface area (Å²) in [7, 11) is -2.73. The minimum Gasteiger partial charge on any atom is -0.407 e. The van der Waals surface area contributed by atoms with Crippen LogP contribution in [-0.4, -0.2) is 65.5 Å². The molecule has 2 aromatic rings. The molecule has 0 bridgehead atoms. The first-order chi connectivity index (χ1) is 20.1. The summed E-state index contributed by atoms with van der Waals surface area (Å²) >= 11 is 3.81. The number of carbonyl (C=O) groups is 1. The Bertz CT molecular complexity index is 1150. The number of Topliss-reactive ketones (excluding diaryl/α,β-unsaturated/α-hetero) is 1. The summed E-state index contributed by atoms with van der Waals surface area (Å²) in [6.07, 6.45) is 0.955. The minimum absolute atomic E-state index is 0.0961. The molecule has 0 amide bonds. The number of carbonyl (C=O) groups excluding carboxylic acids is 1. The number of hydrogen-bond acceptors (Lipinski definition) is 7. The molecule has 2 aliphatic rings. The molecule has 238 valence electrons. The number of ketones is 1. The summed E-state index contributed by atoms with van der Waals surface area (Å²) in [5.41, 5.74) is -0.308. The maximum Gasteiger partial charge on any atom is 0.261 e. The van der Waals surface area contributed by atoms with E-state index in [0.717, 1.165) is 17.9 Å². The smallest absolute Gasteiger partial charge is 0.261 e. The summed E-state index contributed by atoms with van der Waals surface area (Å²) in [6, 6.07) is 21.5. The van der Waals surface area contributed by atoms with Gasteiger partial charge in [0.05, 0.1) is 22.4 Å². The second kappa shape index (κ2) is 13.7. The molecule has 1 N–H and O–H groups in total. The second-order valence-corrected chi connectivity index (χ2v) is 21.7. The fourth-order valence-electron chi connectivity index (χ4n) is 6.66. The lowest BCUT2D eigenvalue weighted by atomic mass is 9.85. The van der Waals surface area contributed by atoms with E-state index in [1.807, 2.05) is 44.3 Å². The van der Waals surface area contributed by atoms with Gasteiger partial charge in [0.2, 0.25) is 0 Å². The van der Waals surface area contributed by atoms with Gasteiger partial charge in [0, 0.05) is 31.3 Å². The Balaban J connectivity index is 1.56. The number of hydrogen-bond donors (Lipinski definition) is 1. The minimum atomic E-state index is -2.73. The van der Waals surface area contributed by atoms with Crippen LogP contribution in [0.1, 0.15) is 81.1 Å². The zero-order valence-electron chi connectivity index (χ0n) is 27.4. The number of rotatable bonds is 12. The van der Waals surface area contributed by atoms with E-state index in [1.54, 1.807) is 0 Å². The Morgan fingerprint density at radius 2 is 1.51 bits per heavy atom. The van der Waals surface area contributed by atoms with Gasteiger partial charge in [-0.05, 0) is 54.1 Å². The Morgan fingerprint density at radius 3 is 1.98 bits per heavy atom. The summed E-state index contributed by atoms with van der Waals surface area (Å²) in [4.78, 5) is 13.7. The number of thioether (sulfide) groups is 2. The molecule has 2 fully saturated rings. The first kappa shape index (κ1) is 34.7. The second-order valence-electron chi connectivity index (χ2n) is 14.3. The highest BCUT2D eigenvalue weighted by Gasteiger charge is 2.54. The molecule has 0 aromatic heterocycles. The molecule has 0 unspecified atom stereocenters. The highest BCUT2D eigenvalue weighted by Crippen LogP contribution is 2.56. The molecule has 0 aliphatic carbocycles. The molecule has 0 radical (unpaired) electrons. The van der Waals surface area contributed by atoms with Crippen molar-refractivity contribution in [3.05, 3.63) is 60.7 Å². The molecular formula is C35H52O5S2Si. The largest absolute Gasteiger partial charge is 0.407 e. The molecule has 2 aliphatic heterocycles. The highest BCUT2D eigenvalue weighted by molar-refractivity contribution is 8.18. The molecule has 4 rings (SSSR count). The first-order valence-corrected chi connectivity index (χ1v) is 19.6. The lowest BCUT2D eigenvalue weighted by Gasteiger charge is -2.50. The summed E-state index contributed by atoms with van der Waals surface area (Å²) < 4.78 is 18.9. The van der Waals surface area contributed by atoms with Gasteiger partial charge >= 0.3 is 0 Å². The fraction of sp³-hybridized carbons (Fsp3) is 0.629. The van der Waals surface area contributed by atoms with Gasteiger partial charge in [0.15, 0.2) is 5.79 Å². The molecule has 8 heteroatoms. The van der Waals surface area contributed by atoms with E-state index < -0.39 is 20.2 Å². The number of aliphatic hydroxyl groups is 1. The van der Waals surface area contributed by atoms with Crippen LogP contribution in [-0.2, 0) is 18.7 Å². The zero-order valence-corrected chi connectivity index (χ0v) is 30.0. The van der Waals surface area contributed by atoms with Crippen molar-refractivity contribution in [3.8, 4) is 0 Å². The van der Waals surface area contributed by atoms with Crippen LogP contribution < -0.4 is 10.4 Å². The van der Waals surface area contributed by atoms with Crippen LogP contribution in [0.3, 0.4) is 0 Å². The third kappa shape index (κ3) is 7.82. The van der Waals surface area contributed by atoms with Gasteiger partial charge in [-0.25, -0.2) is 0 Å². The van der Waals surface area contributed by atoms with Crippen LogP contribution in [0.4, 0.5) is 0 Å².